The number of rotatable bonds is 6. The molecule has 10 aromatic carbocycles. The minimum Gasteiger partial charge on any atom is -0.309 e. The van der Waals surface area contributed by atoms with Crippen LogP contribution in [0.3, 0.4) is 0 Å². The summed E-state index contributed by atoms with van der Waals surface area (Å²) in [7, 11) is 0. The van der Waals surface area contributed by atoms with Gasteiger partial charge in [0.2, 0.25) is 0 Å². The molecule has 0 aliphatic heterocycles. The molecule has 0 radical (unpaired) electrons. The molecule has 2 nitrogen and oxygen atoms in total. The maximum absolute atomic E-state index is 2.41. The summed E-state index contributed by atoms with van der Waals surface area (Å²) >= 11 is 0. The summed E-state index contributed by atoms with van der Waals surface area (Å²) in [5.41, 5.74) is 14.4. The molecule has 0 fully saturated rings. The van der Waals surface area contributed by atoms with Crippen LogP contribution in [0.25, 0.3) is 111 Å². The van der Waals surface area contributed by atoms with Crippen LogP contribution in [0, 0.1) is 0 Å². The third-order valence-electron chi connectivity index (χ3n) is 12.3. The summed E-state index contributed by atoms with van der Waals surface area (Å²) < 4.78 is 4.82. The Kier molecular flexibility index (Phi) is 7.89. The van der Waals surface area contributed by atoms with E-state index in [0.717, 1.165) is 22.5 Å². The molecule has 0 amide bonds. The molecule has 0 aliphatic rings. The Hall–Kier alpha value is -7.94. The van der Waals surface area contributed by atoms with Crippen molar-refractivity contribution in [3.8, 4) is 33.6 Å². The molecule has 0 saturated heterocycles. The molecular formula is C58H38N2. The van der Waals surface area contributed by atoms with E-state index in [9.17, 15) is 0 Å². The highest BCUT2D eigenvalue weighted by atomic mass is 15.0. The van der Waals surface area contributed by atoms with Crippen molar-refractivity contribution < 1.29 is 0 Å². The molecule has 280 valence electrons. The van der Waals surface area contributed by atoms with E-state index >= 15 is 0 Å². The fraction of sp³-hybridized carbons (Fsp3) is 0. The lowest BCUT2D eigenvalue weighted by atomic mass is 9.97. The molecule has 0 unspecified atom stereocenters. The van der Waals surface area contributed by atoms with Gasteiger partial charge in [-0.2, -0.15) is 0 Å². The third kappa shape index (κ3) is 5.57. The molecule has 0 saturated carbocycles. The molecule has 2 aromatic heterocycles. The van der Waals surface area contributed by atoms with Crippen molar-refractivity contribution in [2.24, 2.45) is 0 Å². The molecule has 0 spiro atoms. The van der Waals surface area contributed by atoms with Crippen molar-refractivity contribution in [2.45, 2.75) is 0 Å². The van der Waals surface area contributed by atoms with Gasteiger partial charge < -0.3 is 9.13 Å². The van der Waals surface area contributed by atoms with Crippen LogP contribution in [0.1, 0.15) is 11.1 Å². The van der Waals surface area contributed by atoms with Crippen LogP contribution in [0.15, 0.2) is 218 Å². The van der Waals surface area contributed by atoms with Gasteiger partial charge in [-0.05, 0) is 103 Å². The van der Waals surface area contributed by atoms with Crippen LogP contribution in [-0.4, -0.2) is 9.13 Å². The molecule has 0 N–H and O–H groups in total. The van der Waals surface area contributed by atoms with Crippen LogP contribution in [0.2, 0.25) is 0 Å². The molecule has 2 heteroatoms. The van der Waals surface area contributed by atoms with Gasteiger partial charge in [-0.25, -0.2) is 0 Å². The average Bonchev–Trinajstić information content (AvgIpc) is 3.83. The van der Waals surface area contributed by atoms with Crippen molar-refractivity contribution >= 4 is 77.3 Å². The van der Waals surface area contributed by atoms with Gasteiger partial charge in [0.05, 0.1) is 22.1 Å². The minimum atomic E-state index is 1.15. The van der Waals surface area contributed by atoms with Crippen molar-refractivity contribution in [3.05, 3.63) is 230 Å². The summed E-state index contributed by atoms with van der Waals surface area (Å²) in [5, 5.41) is 10.1. The highest BCUT2D eigenvalue weighted by Crippen LogP contribution is 2.39. The zero-order valence-electron chi connectivity index (χ0n) is 32.8. The molecule has 60 heavy (non-hydrogen) atoms. The first-order chi connectivity index (χ1) is 29.7. The molecular weight excluding hydrogens is 725 g/mol. The first-order valence-corrected chi connectivity index (χ1v) is 20.7. The lowest BCUT2D eigenvalue weighted by Gasteiger charge is -2.11. The summed E-state index contributed by atoms with van der Waals surface area (Å²) in [4.78, 5) is 0. The van der Waals surface area contributed by atoms with Crippen molar-refractivity contribution in [2.75, 3.05) is 0 Å². The van der Waals surface area contributed by atoms with Gasteiger partial charge in [0.1, 0.15) is 0 Å². The highest BCUT2D eigenvalue weighted by Gasteiger charge is 2.16. The van der Waals surface area contributed by atoms with Crippen LogP contribution in [0.5, 0.6) is 0 Å². The molecule has 12 aromatic rings. The number of nitrogens with zero attached hydrogens (tertiary/aromatic N) is 2. The van der Waals surface area contributed by atoms with Crippen molar-refractivity contribution in [3.63, 3.8) is 0 Å². The third-order valence-corrected chi connectivity index (χ3v) is 12.3. The second kappa shape index (κ2) is 13.9. The molecule has 2 heterocycles. The Bertz CT molecular complexity index is 3380. The van der Waals surface area contributed by atoms with Crippen molar-refractivity contribution in [1.82, 2.24) is 9.13 Å². The smallest absolute Gasteiger partial charge is 0.0547 e. The first-order valence-electron chi connectivity index (χ1n) is 20.7. The van der Waals surface area contributed by atoms with E-state index in [1.807, 2.05) is 0 Å². The van der Waals surface area contributed by atoms with Gasteiger partial charge >= 0.3 is 0 Å². The second-order valence-electron chi connectivity index (χ2n) is 15.7. The van der Waals surface area contributed by atoms with Crippen LogP contribution >= 0.6 is 0 Å². The molecule has 0 bridgehead atoms. The SMILES string of the molecule is C(=Cc1ccc(-n2c3ccccc3c3ccc(-c4cccc5ccccc45)cc32)cc1)c1ccc(-n2c3ccccc3c3ccc(-c4cccc5ccccc45)cc32)cc1. The standard InChI is InChI=1S/C58H38N2/c1-3-15-47-41(11-1)13-9-19-49(47)43-29-35-53-51-17-5-7-21-55(51)59(57(53)37-43)45-31-25-39(26-32-45)23-24-40-27-33-46(34-28-40)60-56-22-8-6-18-52(56)54-36-30-44(38-58(54)60)50-20-10-14-42-12-2-4-16-48(42)50/h1-38H. The number of aromatic nitrogens is 2. The molecule has 12 rings (SSSR count). The van der Waals surface area contributed by atoms with E-state index in [1.165, 1.54) is 87.4 Å². The summed E-state index contributed by atoms with van der Waals surface area (Å²) in [6, 6.07) is 79.6. The normalized spacial score (nSPS) is 11.9. The average molecular weight is 763 g/mol. The van der Waals surface area contributed by atoms with E-state index < -0.39 is 0 Å². The second-order valence-corrected chi connectivity index (χ2v) is 15.7. The Balaban J connectivity index is 0.872. The Morgan fingerprint density at radius 3 is 1.08 bits per heavy atom. The lowest BCUT2D eigenvalue weighted by Crippen LogP contribution is -1.94. The van der Waals surface area contributed by atoms with Gasteiger partial charge in [-0.1, -0.05) is 182 Å². The number of fused-ring (bicyclic) bond motifs is 8. The van der Waals surface area contributed by atoms with Gasteiger partial charge in [-0.15, -0.1) is 0 Å². The number of hydrogen-bond acceptors (Lipinski definition) is 0. The van der Waals surface area contributed by atoms with Crippen molar-refractivity contribution in [1.29, 1.82) is 0 Å². The predicted molar refractivity (Wildman–Crippen MR) is 256 cm³/mol. The van der Waals surface area contributed by atoms with E-state index in [1.54, 1.807) is 0 Å². The Morgan fingerprint density at radius 2 is 0.633 bits per heavy atom. The van der Waals surface area contributed by atoms with E-state index in [-0.39, 0.29) is 0 Å². The minimum absolute atomic E-state index is 1.15. The fourth-order valence-corrected chi connectivity index (χ4v) is 9.45. The zero-order valence-corrected chi connectivity index (χ0v) is 32.8. The topological polar surface area (TPSA) is 9.86 Å². The molecule has 0 atom stereocenters. The van der Waals surface area contributed by atoms with Gasteiger partial charge in [0.15, 0.2) is 0 Å². The first kappa shape index (κ1) is 34.1. The van der Waals surface area contributed by atoms with Gasteiger partial charge in [-0.3, -0.25) is 0 Å². The monoisotopic (exact) mass is 762 g/mol. The maximum atomic E-state index is 2.41. The van der Waals surface area contributed by atoms with E-state index in [4.69, 9.17) is 0 Å². The summed E-state index contributed by atoms with van der Waals surface area (Å²) in [6.45, 7) is 0. The Labute approximate surface area is 348 Å². The summed E-state index contributed by atoms with van der Waals surface area (Å²) in [5.74, 6) is 0. The van der Waals surface area contributed by atoms with Crippen LogP contribution in [0.4, 0.5) is 0 Å². The van der Waals surface area contributed by atoms with E-state index in [0.29, 0.717) is 0 Å². The summed E-state index contributed by atoms with van der Waals surface area (Å²) in [6.07, 6.45) is 4.42. The molecule has 0 aliphatic carbocycles. The van der Waals surface area contributed by atoms with Crippen LogP contribution < -0.4 is 0 Å². The number of hydrogen-bond donors (Lipinski definition) is 0. The van der Waals surface area contributed by atoms with E-state index in [2.05, 4.69) is 240 Å². The largest absolute Gasteiger partial charge is 0.309 e. The number of benzene rings is 10. The zero-order chi connectivity index (χ0) is 39.6. The number of para-hydroxylation sites is 2. The van der Waals surface area contributed by atoms with Gasteiger partial charge in [0, 0.05) is 32.9 Å². The predicted octanol–water partition coefficient (Wildman–Crippen LogP) is 15.7. The highest BCUT2D eigenvalue weighted by molar-refractivity contribution is 6.12. The lowest BCUT2D eigenvalue weighted by molar-refractivity contribution is 1.18. The maximum Gasteiger partial charge on any atom is 0.0547 e. The Morgan fingerprint density at radius 1 is 0.267 bits per heavy atom. The quantitative estimate of drug-likeness (QED) is 0.149. The van der Waals surface area contributed by atoms with Crippen LogP contribution in [-0.2, 0) is 0 Å². The fourth-order valence-electron chi connectivity index (χ4n) is 9.45. The van der Waals surface area contributed by atoms with Gasteiger partial charge in [0.25, 0.3) is 0 Å².